The summed E-state index contributed by atoms with van der Waals surface area (Å²) >= 11 is 0. The summed E-state index contributed by atoms with van der Waals surface area (Å²) in [5.41, 5.74) is 6.25. The Hall–Kier alpha value is -1.62. The summed E-state index contributed by atoms with van der Waals surface area (Å²) in [6.45, 7) is 7.94. The van der Waals surface area contributed by atoms with Gasteiger partial charge < -0.3 is 15.2 Å². The first-order valence-electron chi connectivity index (χ1n) is 6.37. The van der Waals surface area contributed by atoms with Crippen molar-refractivity contribution in [2.75, 3.05) is 6.61 Å². The molecule has 2 N–H and O–H groups in total. The largest absolute Gasteiger partial charge is 0.492 e. The van der Waals surface area contributed by atoms with Crippen molar-refractivity contribution < 1.29 is 14.3 Å². The van der Waals surface area contributed by atoms with Crippen LogP contribution in [0.1, 0.15) is 45.7 Å². The van der Waals surface area contributed by atoms with Crippen molar-refractivity contribution in [3.05, 3.63) is 24.0 Å². The molecule has 0 aliphatic rings. The molecule has 0 bridgehead atoms. The smallest absolute Gasteiger partial charge is 0.308 e. The van der Waals surface area contributed by atoms with E-state index in [-0.39, 0.29) is 12.4 Å². The summed E-state index contributed by atoms with van der Waals surface area (Å²) < 4.78 is 10.6. The van der Waals surface area contributed by atoms with Gasteiger partial charge in [0.05, 0.1) is 19.2 Å². The monoisotopic (exact) mass is 266 g/mol. The highest BCUT2D eigenvalue weighted by Gasteiger charge is 2.19. The third-order valence-corrected chi connectivity index (χ3v) is 2.28. The van der Waals surface area contributed by atoms with Gasteiger partial charge in [-0.2, -0.15) is 0 Å². The van der Waals surface area contributed by atoms with E-state index in [1.54, 1.807) is 18.5 Å². The molecule has 0 fully saturated rings. The summed E-state index contributed by atoms with van der Waals surface area (Å²) in [5.74, 6) is 0.335. The van der Waals surface area contributed by atoms with Crippen molar-refractivity contribution in [1.82, 2.24) is 4.98 Å². The second-order valence-electron chi connectivity index (χ2n) is 5.28. The Bertz CT molecular complexity index is 427. The number of rotatable bonds is 5. The quantitative estimate of drug-likeness (QED) is 0.827. The lowest BCUT2D eigenvalue weighted by atomic mass is 10.1. The molecule has 1 unspecified atom stereocenters. The molecule has 106 valence electrons. The molecule has 0 aliphatic carbocycles. The lowest BCUT2D eigenvalue weighted by Gasteiger charge is -2.21. The Kier molecular flexibility index (Phi) is 5.30. The van der Waals surface area contributed by atoms with Crippen molar-refractivity contribution in [2.45, 2.75) is 45.8 Å². The van der Waals surface area contributed by atoms with Gasteiger partial charge in [-0.05, 0) is 39.3 Å². The van der Waals surface area contributed by atoms with Crippen LogP contribution >= 0.6 is 0 Å². The minimum atomic E-state index is -0.498. The van der Waals surface area contributed by atoms with Gasteiger partial charge in [-0.25, -0.2) is 0 Å². The van der Waals surface area contributed by atoms with Crippen molar-refractivity contribution in [2.24, 2.45) is 5.73 Å². The highest BCUT2D eigenvalue weighted by molar-refractivity contribution is 5.70. The van der Waals surface area contributed by atoms with Gasteiger partial charge in [0, 0.05) is 12.2 Å². The van der Waals surface area contributed by atoms with E-state index in [1.807, 2.05) is 27.7 Å². The molecule has 0 radical (unpaired) electrons. The Morgan fingerprint density at radius 1 is 1.42 bits per heavy atom. The third kappa shape index (κ3) is 5.70. The fourth-order valence-electron chi connectivity index (χ4n) is 1.56. The summed E-state index contributed by atoms with van der Waals surface area (Å²) in [5, 5.41) is 0. The van der Waals surface area contributed by atoms with Gasteiger partial charge in [-0.1, -0.05) is 0 Å². The molecule has 0 spiro atoms. The van der Waals surface area contributed by atoms with E-state index >= 15 is 0 Å². The van der Waals surface area contributed by atoms with Crippen LogP contribution in [0.2, 0.25) is 0 Å². The lowest BCUT2D eigenvalue weighted by molar-refractivity contribution is -0.155. The number of nitrogens with two attached hydrogens (primary N) is 1. The van der Waals surface area contributed by atoms with Crippen LogP contribution in [0.15, 0.2) is 18.5 Å². The molecular weight excluding hydrogens is 244 g/mol. The van der Waals surface area contributed by atoms with Crippen LogP contribution in [0.4, 0.5) is 0 Å². The van der Waals surface area contributed by atoms with E-state index in [9.17, 15) is 4.79 Å². The predicted octanol–water partition coefficient (Wildman–Crippen LogP) is 2.21. The van der Waals surface area contributed by atoms with Crippen LogP contribution in [0.3, 0.4) is 0 Å². The zero-order valence-corrected chi connectivity index (χ0v) is 12.0. The zero-order chi connectivity index (χ0) is 14.5. The van der Waals surface area contributed by atoms with Gasteiger partial charge in [-0.15, -0.1) is 0 Å². The standard InChI is InChI=1S/C14H22N2O3/c1-5-18-11-6-10(8-16-9-11)12(15)7-13(17)19-14(2,3)4/h6,8-9,12H,5,7,15H2,1-4H3. The first kappa shape index (κ1) is 15.4. The average molecular weight is 266 g/mol. The van der Waals surface area contributed by atoms with Gasteiger partial charge >= 0.3 is 5.97 Å². The van der Waals surface area contributed by atoms with Crippen LogP contribution in [-0.2, 0) is 9.53 Å². The summed E-state index contributed by atoms with van der Waals surface area (Å²) in [7, 11) is 0. The number of nitrogens with zero attached hydrogens (tertiary/aromatic N) is 1. The third-order valence-electron chi connectivity index (χ3n) is 2.28. The number of hydrogen-bond acceptors (Lipinski definition) is 5. The molecule has 0 amide bonds. The molecule has 0 aliphatic heterocycles. The highest BCUT2D eigenvalue weighted by Crippen LogP contribution is 2.20. The second-order valence-corrected chi connectivity index (χ2v) is 5.28. The fourth-order valence-corrected chi connectivity index (χ4v) is 1.56. The second kappa shape index (κ2) is 6.52. The van der Waals surface area contributed by atoms with E-state index in [0.717, 1.165) is 5.56 Å². The number of carbonyl (C=O) groups excluding carboxylic acids is 1. The first-order chi connectivity index (χ1) is 8.81. The Balaban J connectivity index is 2.64. The van der Waals surface area contributed by atoms with Crippen LogP contribution in [0.25, 0.3) is 0 Å². The maximum absolute atomic E-state index is 11.7. The fraction of sp³-hybridized carbons (Fsp3) is 0.571. The topological polar surface area (TPSA) is 74.4 Å². The minimum absolute atomic E-state index is 0.120. The Morgan fingerprint density at radius 3 is 2.68 bits per heavy atom. The maximum Gasteiger partial charge on any atom is 0.308 e. The molecule has 1 aromatic heterocycles. The van der Waals surface area contributed by atoms with E-state index in [0.29, 0.717) is 12.4 Å². The van der Waals surface area contributed by atoms with Gasteiger partial charge in [0.1, 0.15) is 11.4 Å². The van der Waals surface area contributed by atoms with E-state index in [4.69, 9.17) is 15.2 Å². The molecule has 0 saturated heterocycles. The average Bonchev–Trinajstić information content (AvgIpc) is 2.27. The molecule has 1 rings (SSSR count). The molecule has 1 aromatic rings. The molecule has 5 nitrogen and oxygen atoms in total. The van der Waals surface area contributed by atoms with Crippen LogP contribution < -0.4 is 10.5 Å². The summed E-state index contributed by atoms with van der Waals surface area (Å²) in [6.07, 6.45) is 3.37. The lowest BCUT2D eigenvalue weighted by Crippen LogP contribution is -2.26. The zero-order valence-electron chi connectivity index (χ0n) is 12.0. The molecule has 0 saturated carbocycles. The van der Waals surface area contributed by atoms with Crippen molar-refractivity contribution >= 4 is 5.97 Å². The van der Waals surface area contributed by atoms with Crippen molar-refractivity contribution in [3.63, 3.8) is 0 Å². The molecule has 19 heavy (non-hydrogen) atoms. The van der Waals surface area contributed by atoms with E-state index in [1.165, 1.54) is 0 Å². The number of carbonyl (C=O) groups is 1. The highest BCUT2D eigenvalue weighted by atomic mass is 16.6. The first-order valence-corrected chi connectivity index (χ1v) is 6.37. The van der Waals surface area contributed by atoms with Gasteiger partial charge in [-0.3, -0.25) is 9.78 Å². The molecule has 0 aromatic carbocycles. The maximum atomic E-state index is 11.7. The van der Waals surface area contributed by atoms with Crippen molar-refractivity contribution in [3.8, 4) is 5.75 Å². The SMILES string of the molecule is CCOc1cncc(C(N)CC(=O)OC(C)(C)C)c1. The normalized spacial score (nSPS) is 12.9. The van der Waals surface area contributed by atoms with Gasteiger partial charge in [0.2, 0.25) is 0 Å². The number of pyridine rings is 1. The summed E-state index contributed by atoms with van der Waals surface area (Å²) in [4.78, 5) is 15.7. The van der Waals surface area contributed by atoms with Crippen molar-refractivity contribution in [1.29, 1.82) is 0 Å². The van der Waals surface area contributed by atoms with Gasteiger partial charge in [0.15, 0.2) is 0 Å². The molecule has 1 heterocycles. The molecular formula is C14H22N2O3. The number of ether oxygens (including phenoxy) is 2. The number of hydrogen-bond donors (Lipinski definition) is 1. The predicted molar refractivity (Wildman–Crippen MR) is 72.8 cm³/mol. The number of esters is 1. The Morgan fingerprint density at radius 2 is 2.11 bits per heavy atom. The van der Waals surface area contributed by atoms with E-state index in [2.05, 4.69) is 4.98 Å². The molecule has 5 heteroatoms. The molecule has 1 atom stereocenters. The summed E-state index contributed by atoms with van der Waals surface area (Å²) in [6, 6.07) is 1.36. The Labute approximate surface area is 114 Å². The van der Waals surface area contributed by atoms with Crippen LogP contribution in [0.5, 0.6) is 5.75 Å². The van der Waals surface area contributed by atoms with Crippen LogP contribution in [-0.4, -0.2) is 23.2 Å². The van der Waals surface area contributed by atoms with Gasteiger partial charge in [0.25, 0.3) is 0 Å². The van der Waals surface area contributed by atoms with Crippen LogP contribution in [0, 0.1) is 0 Å². The minimum Gasteiger partial charge on any atom is -0.492 e. The van der Waals surface area contributed by atoms with E-state index < -0.39 is 11.6 Å². The number of aromatic nitrogens is 1.